The Balaban J connectivity index is 2.90. The standard InChI is InChI=1S/C9H6F3N3O3/c1-3-6(8(17)18)7-13-4(9(10,11)12)2-5(16)15(7)14-3/h2,14H,1H3,(H,17,18). The largest absolute Gasteiger partial charge is 0.477 e. The Labute approximate surface area is 96.7 Å². The van der Waals surface area contributed by atoms with E-state index in [9.17, 15) is 22.8 Å². The zero-order valence-corrected chi connectivity index (χ0v) is 8.87. The van der Waals surface area contributed by atoms with E-state index in [1.54, 1.807) is 0 Å². The van der Waals surface area contributed by atoms with E-state index in [1.807, 2.05) is 0 Å². The number of aromatic carboxylic acids is 1. The first-order chi connectivity index (χ1) is 8.21. The Bertz CT molecular complexity index is 699. The van der Waals surface area contributed by atoms with Crippen molar-refractivity contribution in [3.8, 4) is 0 Å². The fraction of sp³-hybridized carbons (Fsp3) is 0.222. The highest BCUT2D eigenvalue weighted by molar-refractivity contribution is 5.95. The number of aromatic nitrogens is 3. The van der Waals surface area contributed by atoms with Crippen molar-refractivity contribution in [1.29, 1.82) is 0 Å². The number of carbonyl (C=O) groups is 1. The molecule has 2 aromatic heterocycles. The third kappa shape index (κ3) is 1.73. The number of nitrogens with zero attached hydrogens (tertiary/aromatic N) is 2. The highest BCUT2D eigenvalue weighted by Crippen LogP contribution is 2.27. The van der Waals surface area contributed by atoms with Gasteiger partial charge in [-0.3, -0.25) is 9.89 Å². The zero-order valence-electron chi connectivity index (χ0n) is 8.87. The number of H-pyrrole nitrogens is 1. The van der Waals surface area contributed by atoms with Crippen molar-refractivity contribution in [3.63, 3.8) is 0 Å². The van der Waals surface area contributed by atoms with Crippen LogP contribution >= 0.6 is 0 Å². The lowest BCUT2D eigenvalue weighted by Gasteiger charge is -2.04. The molecule has 0 atom stereocenters. The van der Waals surface area contributed by atoms with E-state index in [-0.39, 0.29) is 5.69 Å². The first kappa shape index (κ1) is 12.1. The molecular weight excluding hydrogens is 255 g/mol. The molecule has 0 amide bonds. The number of alkyl halides is 3. The molecular formula is C9H6F3N3O3. The third-order valence-electron chi connectivity index (χ3n) is 2.30. The predicted octanol–water partition coefficient (Wildman–Crippen LogP) is 1.05. The summed E-state index contributed by atoms with van der Waals surface area (Å²) in [5.74, 6) is -1.46. The van der Waals surface area contributed by atoms with Crippen molar-refractivity contribution in [3.05, 3.63) is 33.4 Å². The molecule has 0 saturated carbocycles. The summed E-state index contributed by atoms with van der Waals surface area (Å²) in [6, 6.07) is 0.300. The Morgan fingerprint density at radius 2 is 2.11 bits per heavy atom. The van der Waals surface area contributed by atoms with Crippen LogP contribution < -0.4 is 5.56 Å². The first-order valence-corrected chi connectivity index (χ1v) is 4.64. The zero-order chi connectivity index (χ0) is 13.7. The number of carboxylic acid groups (broad SMARTS) is 1. The molecule has 2 aromatic rings. The molecule has 0 unspecified atom stereocenters. The summed E-state index contributed by atoms with van der Waals surface area (Å²) in [6.07, 6.45) is -4.81. The molecule has 0 aromatic carbocycles. The lowest BCUT2D eigenvalue weighted by atomic mass is 10.2. The summed E-state index contributed by atoms with van der Waals surface area (Å²) in [5, 5.41) is 11.2. The summed E-state index contributed by atoms with van der Waals surface area (Å²) in [4.78, 5) is 25.5. The molecule has 0 bridgehead atoms. The lowest BCUT2D eigenvalue weighted by Crippen LogP contribution is -2.20. The van der Waals surface area contributed by atoms with Crippen LogP contribution in [0, 0.1) is 6.92 Å². The Kier molecular flexibility index (Phi) is 2.42. The minimum Gasteiger partial charge on any atom is -0.477 e. The van der Waals surface area contributed by atoms with Crippen molar-refractivity contribution in [2.75, 3.05) is 0 Å². The van der Waals surface area contributed by atoms with E-state index < -0.39 is 34.6 Å². The van der Waals surface area contributed by atoms with Gasteiger partial charge in [-0.1, -0.05) is 0 Å². The van der Waals surface area contributed by atoms with E-state index >= 15 is 0 Å². The van der Waals surface area contributed by atoms with Gasteiger partial charge in [-0.05, 0) is 6.92 Å². The van der Waals surface area contributed by atoms with Gasteiger partial charge < -0.3 is 5.11 Å². The van der Waals surface area contributed by atoms with Gasteiger partial charge in [0.25, 0.3) is 5.56 Å². The molecule has 2 N–H and O–H groups in total. The normalized spacial score (nSPS) is 12.0. The second-order valence-electron chi connectivity index (χ2n) is 3.55. The van der Waals surface area contributed by atoms with Gasteiger partial charge >= 0.3 is 12.1 Å². The number of hydrogen-bond donors (Lipinski definition) is 2. The Hall–Kier alpha value is -2.32. The van der Waals surface area contributed by atoms with E-state index in [0.717, 1.165) is 0 Å². The van der Waals surface area contributed by atoms with Gasteiger partial charge in [0.1, 0.15) is 5.56 Å². The lowest BCUT2D eigenvalue weighted by molar-refractivity contribution is -0.141. The van der Waals surface area contributed by atoms with Crippen LogP contribution in [-0.4, -0.2) is 25.7 Å². The van der Waals surface area contributed by atoms with Gasteiger partial charge in [-0.2, -0.15) is 13.2 Å². The predicted molar refractivity (Wildman–Crippen MR) is 52.5 cm³/mol. The minimum atomic E-state index is -4.81. The van der Waals surface area contributed by atoms with Crippen LogP contribution in [0.15, 0.2) is 10.9 Å². The van der Waals surface area contributed by atoms with Gasteiger partial charge in [0, 0.05) is 11.8 Å². The van der Waals surface area contributed by atoms with Crippen LogP contribution in [0.5, 0.6) is 0 Å². The van der Waals surface area contributed by atoms with Crippen molar-refractivity contribution in [2.24, 2.45) is 0 Å². The summed E-state index contributed by atoms with van der Waals surface area (Å²) < 4.78 is 38.1. The van der Waals surface area contributed by atoms with E-state index in [1.165, 1.54) is 6.92 Å². The number of hydrogen-bond acceptors (Lipinski definition) is 3. The van der Waals surface area contributed by atoms with Crippen LogP contribution in [0.2, 0.25) is 0 Å². The monoisotopic (exact) mass is 261 g/mol. The van der Waals surface area contributed by atoms with E-state index in [2.05, 4.69) is 10.1 Å². The smallest absolute Gasteiger partial charge is 0.433 e. The van der Waals surface area contributed by atoms with Crippen molar-refractivity contribution >= 4 is 11.6 Å². The van der Waals surface area contributed by atoms with Crippen LogP contribution in [0.1, 0.15) is 21.7 Å². The second kappa shape index (κ2) is 3.59. The number of rotatable bonds is 1. The number of aromatic amines is 1. The van der Waals surface area contributed by atoms with E-state index in [4.69, 9.17) is 5.11 Å². The summed E-state index contributed by atoms with van der Waals surface area (Å²) >= 11 is 0. The molecule has 0 aliphatic rings. The average molecular weight is 261 g/mol. The van der Waals surface area contributed by atoms with Gasteiger partial charge in [-0.15, -0.1) is 0 Å². The molecule has 9 heteroatoms. The molecule has 0 saturated heterocycles. The average Bonchev–Trinajstić information content (AvgIpc) is 2.53. The minimum absolute atomic E-state index is 0.0476. The van der Waals surface area contributed by atoms with Crippen LogP contribution in [0.4, 0.5) is 13.2 Å². The number of halogens is 3. The maximum absolute atomic E-state index is 12.5. The SMILES string of the molecule is Cc1[nH]n2c(=O)cc(C(F)(F)F)nc2c1C(=O)O. The fourth-order valence-electron chi connectivity index (χ4n) is 1.55. The highest BCUT2D eigenvalue weighted by Gasteiger charge is 2.34. The van der Waals surface area contributed by atoms with Gasteiger partial charge in [0.2, 0.25) is 0 Å². The van der Waals surface area contributed by atoms with Gasteiger partial charge in [0.05, 0.1) is 0 Å². The molecule has 2 heterocycles. The van der Waals surface area contributed by atoms with Gasteiger partial charge in [-0.25, -0.2) is 14.3 Å². The maximum atomic E-state index is 12.5. The Morgan fingerprint density at radius 3 is 2.61 bits per heavy atom. The maximum Gasteiger partial charge on any atom is 0.433 e. The number of carboxylic acids is 1. The van der Waals surface area contributed by atoms with Crippen LogP contribution in [-0.2, 0) is 6.18 Å². The van der Waals surface area contributed by atoms with Crippen LogP contribution in [0.25, 0.3) is 5.65 Å². The number of fused-ring (bicyclic) bond motifs is 1. The molecule has 0 aliphatic heterocycles. The van der Waals surface area contributed by atoms with Crippen LogP contribution in [0.3, 0.4) is 0 Å². The second-order valence-corrected chi connectivity index (χ2v) is 3.55. The molecule has 0 radical (unpaired) electrons. The summed E-state index contributed by atoms with van der Waals surface area (Å²) in [6.45, 7) is 1.32. The van der Waals surface area contributed by atoms with Crippen molar-refractivity contribution < 1.29 is 23.1 Å². The number of nitrogens with one attached hydrogen (secondary N) is 1. The first-order valence-electron chi connectivity index (χ1n) is 4.64. The number of aryl methyl sites for hydroxylation is 1. The molecule has 96 valence electrons. The fourth-order valence-corrected chi connectivity index (χ4v) is 1.55. The highest BCUT2D eigenvalue weighted by atomic mass is 19.4. The molecule has 18 heavy (non-hydrogen) atoms. The van der Waals surface area contributed by atoms with Crippen molar-refractivity contribution in [2.45, 2.75) is 13.1 Å². The van der Waals surface area contributed by atoms with E-state index in [0.29, 0.717) is 10.6 Å². The molecule has 6 nitrogen and oxygen atoms in total. The topological polar surface area (TPSA) is 87.5 Å². The molecule has 0 aliphatic carbocycles. The summed E-state index contributed by atoms with van der Waals surface area (Å²) in [7, 11) is 0. The quantitative estimate of drug-likeness (QED) is 0.803. The Morgan fingerprint density at radius 1 is 1.50 bits per heavy atom. The third-order valence-corrected chi connectivity index (χ3v) is 2.30. The molecule has 0 fully saturated rings. The van der Waals surface area contributed by atoms with Gasteiger partial charge in [0.15, 0.2) is 11.3 Å². The van der Waals surface area contributed by atoms with Crippen molar-refractivity contribution in [1.82, 2.24) is 14.6 Å². The molecule has 0 spiro atoms. The summed E-state index contributed by atoms with van der Waals surface area (Å²) in [5.41, 5.74) is -3.42. The molecule has 2 rings (SSSR count).